The van der Waals surface area contributed by atoms with Gasteiger partial charge in [-0.15, -0.1) is 0 Å². The van der Waals surface area contributed by atoms with E-state index in [2.05, 4.69) is 65.0 Å². The second-order valence-electron chi connectivity index (χ2n) is 24.9. The Kier molecular flexibility index (Phi) is 31.9. The van der Waals surface area contributed by atoms with Gasteiger partial charge in [0.2, 0.25) is 0 Å². The van der Waals surface area contributed by atoms with Crippen LogP contribution in [-0.4, -0.2) is 138 Å². The predicted octanol–water partition coefficient (Wildman–Crippen LogP) is 13.9. The second kappa shape index (κ2) is 35.4. The Balaban J connectivity index is 0.000000539. The summed E-state index contributed by atoms with van der Waals surface area (Å²) in [5, 5.41) is 28.7. The molecule has 2 aliphatic rings. The van der Waals surface area contributed by atoms with Gasteiger partial charge in [0.15, 0.2) is 0 Å². The summed E-state index contributed by atoms with van der Waals surface area (Å²) in [4.78, 5) is 49.8. The zero-order valence-electron chi connectivity index (χ0n) is 54.2. The molecule has 3 N–H and O–H groups in total. The molecule has 0 radical (unpaired) electrons. The lowest BCUT2D eigenvalue weighted by molar-refractivity contribution is -0.148. The van der Waals surface area contributed by atoms with Crippen LogP contribution in [0.3, 0.4) is 0 Å². The van der Waals surface area contributed by atoms with E-state index >= 15 is 0 Å². The number of ether oxygens (including phenoxy) is 6. The maximum atomic E-state index is 13.2. The van der Waals surface area contributed by atoms with Crippen molar-refractivity contribution in [3.05, 3.63) is 92.1 Å². The Bertz CT molecular complexity index is 2790. The average molecular weight is 1280 g/mol. The maximum absolute atomic E-state index is 13.2. The molecule has 4 rings (SSSR count). The monoisotopic (exact) mass is 1280 g/mol. The summed E-state index contributed by atoms with van der Waals surface area (Å²) in [6, 6.07) is 2.87. The molecule has 24 heteroatoms. The van der Waals surface area contributed by atoms with E-state index in [0.717, 1.165) is 51.5 Å². The third-order valence-corrected chi connectivity index (χ3v) is 23.1. The minimum Gasteiger partial charge on any atom is -0.507 e. The molecular weight excluding hydrogens is 1180 g/mol. The van der Waals surface area contributed by atoms with Crippen molar-refractivity contribution in [2.45, 2.75) is 156 Å². The summed E-state index contributed by atoms with van der Waals surface area (Å²) in [5.74, 6) is -1.73. The molecule has 0 saturated heterocycles. The number of methoxy groups -OCH3 is 2. The van der Waals surface area contributed by atoms with Crippen molar-refractivity contribution in [3.8, 4) is 23.0 Å². The van der Waals surface area contributed by atoms with Crippen LogP contribution >= 0.6 is 15.2 Å². The first kappa shape index (κ1) is 76.5. The fourth-order valence-electron chi connectivity index (χ4n) is 8.97. The van der Waals surface area contributed by atoms with Crippen LogP contribution in [-0.2, 0) is 77.1 Å². The fourth-order valence-corrected chi connectivity index (χ4v) is 12.8. The van der Waals surface area contributed by atoms with Crippen LogP contribution in [0.15, 0.2) is 47.6 Å². The summed E-state index contributed by atoms with van der Waals surface area (Å²) >= 11 is 0. The minimum atomic E-state index is -3.18. The van der Waals surface area contributed by atoms with Crippen LogP contribution in [0, 0.1) is 25.7 Å². The number of aliphatic hydroxyl groups is 1. The lowest BCUT2D eigenvalue weighted by Gasteiger charge is -2.22. The van der Waals surface area contributed by atoms with Gasteiger partial charge in [0.05, 0.1) is 51.6 Å². The normalized spacial score (nSPS) is 14.6. The molecule has 2 aromatic rings. The van der Waals surface area contributed by atoms with Crippen molar-refractivity contribution in [2.75, 3.05) is 74.8 Å². The fraction of sp³-hybridized carbons (Fsp3) is 0.607. The van der Waals surface area contributed by atoms with Crippen LogP contribution in [0.2, 0.25) is 77.1 Å². The molecule has 0 spiro atoms. The quantitative estimate of drug-likeness (QED) is 0.0197. The number of allylic oxidation sites excluding steroid dienone is 8. The third-order valence-electron chi connectivity index (χ3n) is 14.4. The lowest BCUT2D eigenvalue weighted by Crippen LogP contribution is -2.25. The first-order valence-electron chi connectivity index (χ1n) is 28.7. The largest absolute Gasteiger partial charge is 0.507 e. The highest BCUT2D eigenvalue weighted by Gasteiger charge is 2.35. The SMILES string of the molecule is COc1c(C)c2c(c(O)c1C/C=C(\C)CC(C/C=C/CP(=O)(OC)OC)C(=O)O)C(=O)OC2.COc1c(C)c2c(c(OCC[Si](C)(C)C)c1C/C=C(\C)CC(C/C=C/CP(=O)(OC)OC)C(=O)OCC[Si](C)(C)C)C(=O)OC2.C[Si](C)(C)CCO. The lowest BCUT2D eigenvalue weighted by atomic mass is 9.93. The third kappa shape index (κ3) is 25.2. The number of carbonyl (C=O) groups is 4. The number of aliphatic carboxylic acids is 1. The molecule has 0 aromatic heterocycles. The van der Waals surface area contributed by atoms with Gasteiger partial charge >= 0.3 is 39.1 Å². The van der Waals surface area contributed by atoms with Gasteiger partial charge in [0, 0.05) is 81.5 Å². The molecule has 0 amide bonds. The number of benzene rings is 2. The van der Waals surface area contributed by atoms with E-state index in [1.54, 1.807) is 32.3 Å². The number of aromatic hydroxyl groups is 1. The first-order chi connectivity index (χ1) is 39.6. The molecule has 0 bridgehead atoms. The second-order valence-corrected chi connectivity index (χ2v) is 46.4. The zero-order valence-corrected chi connectivity index (χ0v) is 59.0. The van der Waals surface area contributed by atoms with E-state index in [1.165, 1.54) is 35.5 Å². The molecular formula is C61H100O19P2Si3. The highest BCUT2D eigenvalue weighted by atomic mass is 31.2. The van der Waals surface area contributed by atoms with Gasteiger partial charge in [-0.1, -0.05) is 107 Å². The van der Waals surface area contributed by atoms with Crippen molar-refractivity contribution in [3.63, 3.8) is 0 Å². The Labute approximate surface area is 509 Å². The molecule has 0 aliphatic carbocycles. The molecule has 2 unspecified atom stereocenters. The van der Waals surface area contributed by atoms with Gasteiger partial charge in [0.1, 0.15) is 47.3 Å². The molecule has 0 fully saturated rings. The van der Waals surface area contributed by atoms with Gasteiger partial charge in [-0.2, -0.15) is 0 Å². The number of hydrogen-bond acceptors (Lipinski definition) is 18. The van der Waals surface area contributed by atoms with Crippen LogP contribution in [0.25, 0.3) is 0 Å². The smallest absolute Gasteiger partial charge is 0.342 e. The van der Waals surface area contributed by atoms with Crippen LogP contribution in [0.1, 0.15) is 93.6 Å². The highest BCUT2D eigenvalue weighted by Crippen LogP contribution is 2.48. The molecule has 0 saturated carbocycles. The number of carboxylic acid groups (broad SMARTS) is 1. The Hall–Kier alpha value is -4.61. The number of carboxylic acids is 1. The van der Waals surface area contributed by atoms with Crippen molar-refractivity contribution in [1.29, 1.82) is 0 Å². The van der Waals surface area contributed by atoms with Crippen molar-refractivity contribution >= 4 is 63.3 Å². The van der Waals surface area contributed by atoms with Gasteiger partial charge in [-0.3, -0.25) is 18.7 Å². The maximum Gasteiger partial charge on any atom is 0.342 e. The molecule has 2 aromatic carbocycles. The van der Waals surface area contributed by atoms with E-state index in [1.807, 2.05) is 32.9 Å². The van der Waals surface area contributed by atoms with Crippen molar-refractivity contribution in [1.82, 2.24) is 0 Å². The van der Waals surface area contributed by atoms with Crippen LogP contribution in [0.5, 0.6) is 23.0 Å². The first-order valence-corrected chi connectivity index (χ1v) is 43.3. The Morgan fingerprint density at radius 1 is 0.600 bits per heavy atom. The Morgan fingerprint density at radius 3 is 1.44 bits per heavy atom. The number of phenolic OH excluding ortho intramolecular Hbond substituents is 1. The Morgan fingerprint density at radius 2 is 1.01 bits per heavy atom. The van der Waals surface area contributed by atoms with Crippen LogP contribution < -0.4 is 14.2 Å². The van der Waals surface area contributed by atoms with Gasteiger partial charge in [-0.05, 0) is 95.5 Å². The summed E-state index contributed by atoms with van der Waals surface area (Å²) in [7, 11) is -1.60. The number of fused-ring (bicyclic) bond motifs is 2. The van der Waals surface area contributed by atoms with E-state index in [0.29, 0.717) is 73.0 Å². The molecule has 19 nitrogen and oxygen atoms in total. The standard InChI is InChI=1S/C33H55O9PSi2.C23H31O9P.C5H14OSi/c1-24(22-26(32(34)41-18-21-45(9,10)11)14-12-13-19-43(36,38-4)39-5)15-16-27-30(37-3)25(2)28-23-42-33(35)29(28)31(27)40-17-20-44(6,7)8;1-14(12-16(22(25)26)8-6-7-11-33(28,30-4)31-5)9-10-17-20(24)19-18(13-32-23(19)27)15(2)21(17)29-3;1-7(2,3)5-4-6/h12-13,15,26H,14,16-23H2,1-11H3;6-7,9,16,24H,8,10-13H2,1-5H3,(H,25,26);6H,4-5H2,1-3H3/b13-12+,24-15+;7-6+,14-9+;. The molecule has 2 atom stereocenters. The van der Waals surface area contributed by atoms with Crippen LogP contribution in [0.4, 0.5) is 0 Å². The number of aliphatic hydroxyl groups excluding tert-OH is 1. The predicted molar refractivity (Wildman–Crippen MR) is 343 cm³/mol. The van der Waals surface area contributed by atoms with Crippen molar-refractivity contribution < 1.29 is 90.1 Å². The number of hydrogen-bond donors (Lipinski definition) is 3. The summed E-state index contributed by atoms with van der Waals surface area (Å²) in [5.41, 5.74) is 6.72. The molecule has 2 heterocycles. The van der Waals surface area contributed by atoms with E-state index in [4.69, 9.17) is 51.6 Å². The molecule has 2 aliphatic heterocycles. The number of rotatable bonds is 33. The minimum absolute atomic E-state index is 0.0559. The topological polar surface area (TPSA) is 255 Å². The highest BCUT2D eigenvalue weighted by molar-refractivity contribution is 7.54. The number of cyclic esters (lactones) is 2. The van der Waals surface area contributed by atoms with Gasteiger partial charge in [0.25, 0.3) is 0 Å². The number of esters is 3. The molecule has 480 valence electrons. The van der Waals surface area contributed by atoms with Gasteiger partial charge in [-0.25, -0.2) is 9.59 Å². The van der Waals surface area contributed by atoms with Crippen molar-refractivity contribution in [2.24, 2.45) is 11.8 Å². The van der Waals surface area contributed by atoms with E-state index in [9.17, 15) is 38.5 Å². The van der Waals surface area contributed by atoms with E-state index < -0.39 is 63.2 Å². The number of phenols is 1. The summed E-state index contributed by atoms with van der Waals surface area (Å²) in [6.45, 7) is 29.5. The zero-order chi connectivity index (χ0) is 64.7. The van der Waals surface area contributed by atoms with E-state index in [-0.39, 0.29) is 68.1 Å². The average Bonchev–Trinajstić information content (AvgIpc) is 2.54. The summed E-state index contributed by atoms with van der Waals surface area (Å²) < 4.78 is 78.1. The van der Waals surface area contributed by atoms with Gasteiger partial charge < -0.3 is 61.8 Å². The number of carbonyl (C=O) groups excluding carboxylic acids is 3. The summed E-state index contributed by atoms with van der Waals surface area (Å²) in [6.07, 6.45) is 13.0. The molecule has 85 heavy (non-hydrogen) atoms.